The molecule has 0 amide bonds. The minimum atomic E-state index is -4.91. The Hall–Kier alpha value is -3.01. The molecule has 4 N–H and O–H groups in total. The fraction of sp³-hybridized carbons (Fsp3) is 0.769. The standard InChI is InChI=1S/C65H116O16P2/c1-4-7-10-13-16-19-22-24-25-26-27-28-29-30-31-32-33-35-38-39-42-45-48-51-63(68)75-54-60(66)55-77-82(71,72)78-56-61(67)57-79-83(73,74)80-59-62(81-65(70)53-50-47-44-41-36-21-18-15-12-9-6-3)58-76-64(69)52-49-46-43-40-37-34-23-20-17-14-11-8-5-2/h7,10,16,19,24-25,27-28,30-31,33,35,60-62,66-67H,4-6,8-9,11-15,17-18,20-23,26,29,32,34,36-59H2,1-3H3,(H,71,72)(H,73,74)/b10-7-,19-16-,25-24-,28-27-,31-30-,35-33-. The molecule has 16 nitrogen and oxygen atoms in total. The van der Waals surface area contributed by atoms with Gasteiger partial charge in [0.1, 0.15) is 25.4 Å². The molecule has 0 aliphatic heterocycles. The summed E-state index contributed by atoms with van der Waals surface area (Å²) >= 11 is 0. The number of unbranched alkanes of at least 4 members (excludes halogenated alkanes) is 26. The summed E-state index contributed by atoms with van der Waals surface area (Å²) in [6.45, 7) is 2.52. The molecule has 0 aromatic carbocycles. The number of allylic oxidation sites excluding steroid dienone is 12. The van der Waals surface area contributed by atoms with E-state index in [2.05, 4.69) is 93.7 Å². The van der Waals surface area contributed by atoms with Gasteiger partial charge in [0.25, 0.3) is 0 Å². The minimum absolute atomic E-state index is 0.110. The molecule has 0 spiro atoms. The quantitative estimate of drug-likeness (QED) is 0.0146. The summed E-state index contributed by atoms with van der Waals surface area (Å²) in [4.78, 5) is 58.1. The van der Waals surface area contributed by atoms with Crippen LogP contribution < -0.4 is 0 Å². The largest absolute Gasteiger partial charge is 0.472 e. The topological polar surface area (TPSA) is 231 Å². The summed E-state index contributed by atoms with van der Waals surface area (Å²) in [5, 5.41) is 20.5. The molecule has 0 saturated heterocycles. The predicted molar refractivity (Wildman–Crippen MR) is 335 cm³/mol. The van der Waals surface area contributed by atoms with Gasteiger partial charge in [0.2, 0.25) is 0 Å². The lowest BCUT2D eigenvalue weighted by molar-refractivity contribution is -0.161. The van der Waals surface area contributed by atoms with Crippen LogP contribution in [0.3, 0.4) is 0 Å². The zero-order valence-corrected chi connectivity index (χ0v) is 53.6. The fourth-order valence-electron chi connectivity index (χ4n) is 8.51. The Kier molecular flexibility index (Phi) is 57.2. The van der Waals surface area contributed by atoms with Gasteiger partial charge in [-0.3, -0.25) is 32.5 Å². The summed E-state index contributed by atoms with van der Waals surface area (Å²) in [7, 11) is -9.76. The smallest absolute Gasteiger partial charge is 0.463 e. The van der Waals surface area contributed by atoms with Crippen LogP contribution in [0.5, 0.6) is 0 Å². The fourth-order valence-corrected chi connectivity index (χ4v) is 10.1. The van der Waals surface area contributed by atoms with Crippen molar-refractivity contribution < 1.29 is 75.8 Å². The van der Waals surface area contributed by atoms with Crippen molar-refractivity contribution >= 4 is 33.6 Å². The molecule has 0 aromatic rings. The third-order valence-electron chi connectivity index (χ3n) is 13.4. The Labute approximate surface area is 503 Å². The van der Waals surface area contributed by atoms with Gasteiger partial charge in [0.05, 0.1) is 26.4 Å². The van der Waals surface area contributed by atoms with Crippen molar-refractivity contribution in [3.8, 4) is 0 Å². The van der Waals surface area contributed by atoms with Gasteiger partial charge in [-0.15, -0.1) is 0 Å². The Morgan fingerprint density at radius 3 is 1.01 bits per heavy atom. The number of rotatable bonds is 61. The Morgan fingerprint density at radius 1 is 0.349 bits per heavy atom. The SMILES string of the molecule is CC/C=C\C/C=C\C/C=C\C/C=C\C/C=C\C/C=C\CCCCCCC(=O)OCC(O)COP(=O)(O)OCC(O)COP(=O)(O)OCC(COC(=O)CCCCCCCCCCCCCCC)OC(=O)CCCCCCCCCCCCC. The number of carbonyl (C=O) groups excluding carboxylic acids is 3. The van der Waals surface area contributed by atoms with Crippen LogP contribution in [0, 0.1) is 0 Å². The maximum Gasteiger partial charge on any atom is 0.472 e. The van der Waals surface area contributed by atoms with Crippen LogP contribution in [-0.4, -0.2) is 95.9 Å². The zero-order chi connectivity index (χ0) is 61.0. The Bertz CT molecular complexity index is 1820. The summed E-state index contributed by atoms with van der Waals surface area (Å²) < 4.78 is 60.7. The van der Waals surface area contributed by atoms with Crippen molar-refractivity contribution in [2.24, 2.45) is 0 Å². The molecule has 5 unspecified atom stereocenters. The van der Waals surface area contributed by atoms with Crippen LogP contribution in [0.4, 0.5) is 0 Å². The van der Waals surface area contributed by atoms with Gasteiger partial charge in [-0.2, -0.15) is 0 Å². The molecular weight excluding hydrogens is 1100 g/mol. The van der Waals surface area contributed by atoms with Crippen LogP contribution in [-0.2, 0) is 55.8 Å². The third-order valence-corrected chi connectivity index (χ3v) is 15.3. The molecule has 0 heterocycles. The van der Waals surface area contributed by atoms with Crippen molar-refractivity contribution in [2.45, 2.75) is 283 Å². The number of ether oxygens (including phenoxy) is 3. The maximum atomic E-state index is 12.8. The molecule has 18 heteroatoms. The van der Waals surface area contributed by atoms with Gasteiger partial charge >= 0.3 is 33.6 Å². The van der Waals surface area contributed by atoms with Gasteiger partial charge in [0.15, 0.2) is 6.10 Å². The molecule has 0 fully saturated rings. The van der Waals surface area contributed by atoms with E-state index in [-0.39, 0.29) is 19.3 Å². The van der Waals surface area contributed by atoms with Crippen LogP contribution >= 0.6 is 15.6 Å². The molecule has 0 saturated carbocycles. The monoisotopic (exact) mass is 1210 g/mol. The van der Waals surface area contributed by atoms with Crippen LogP contribution in [0.1, 0.15) is 265 Å². The molecule has 83 heavy (non-hydrogen) atoms. The van der Waals surface area contributed by atoms with Crippen LogP contribution in [0.25, 0.3) is 0 Å². The predicted octanol–water partition coefficient (Wildman–Crippen LogP) is 17.2. The Balaban J connectivity index is 4.54. The molecule has 0 aliphatic carbocycles. The van der Waals surface area contributed by atoms with E-state index in [1.165, 1.54) is 96.3 Å². The Morgan fingerprint density at radius 2 is 0.639 bits per heavy atom. The number of carbonyl (C=O) groups is 3. The van der Waals surface area contributed by atoms with E-state index in [0.717, 1.165) is 109 Å². The number of phosphoric acid groups is 2. The lowest BCUT2D eigenvalue weighted by Gasteiger charge is -2.21. The van der Waals surface area contributed by atoms with Crippen LogP contribution in [0.2, 0.25) is 0 Å². The number of aliphatic hydroxyl groups is 2. The summed E-state index contributed by atoms with van der Waals surface area (Å²) in [6, 6.07) is 0. The molecular formula is C65H116O16P2. The van der Waals surface area contributed by atoms with Crippen molar-refractivity contribution in [1.82, 2.24) is 0 Å². The zero-order valence-electron chi connectivity index (χ0n) is 51.9. The van der Waals surface area contributed by atoms with Crippen molar-refractivity contribution in [3.05, 3.63) is 72.9 Å². The van der Waals surface area contributed by atoms with E-state index in [4.69, 9.17) is 32.3 Å². The van der Waals surface area contributed by atoms with Crippen molar-refractivity contribution in [1.29, 1.82) is 0 Å². The molecule has 0 aromatic heterocycles. The molecule has 5 atom stereocenters. The van der Waals surface area contributed by atoms with E-state index in [1.807, 2.05) is 0 Å². The average Bonchev–Trinajstić information content (AvgIpc) is 3.46. The van der Waals surface area contributed by atoms with Gasteiger partial charge < -0.3 is 34.2 Å². The maximum absolute atomic E-state index is 12.8. The third kappa shape index (κ3) is 60.5. The number of hydrogen-bond donors (Lipinski definition) is 4. The first-order valence-electron chi connectivity index (χ1n) is 32.2. The number of aliphatic hydroxyl groups excluding tert-OH is 2. The summed E-state index contributed by atoms with van der Waals surface area (Å²) in [5.74, 6) is -1.59. The van der Waals surface area contributed by atoms with E-state index < -0.39 is 91.5 Å². The highest BCUT2D eigenvalue weighted by atomic mass is 31.2. The van der Waals surface area contributed by atoms with E-state index in [0.29, 0.717) is 19.3 Å². The van der Waals surface area contributed by atoms with Gasteiger partial charge in [-0.25, -0.2) is 9.13 Å². The molecule has 0 rings (SSSR count). The highest BCUT2D eigenvalue weighted by Gasteiger charge is 2.29. The second-order valence-electron chi connectivity index (χ2n) is 21.6. The second-order valence-corrected chi connectivity index (χ2v) is 24.5. The van der Waals surface area contributed by atoms with Gasteiger partial charge in [-0.1, -0.05) is 248 Å². The molecule has 0 aliphatic rings. The first kappa shape index (κ1) is 80.0. The van der Waals surface area contributed by atoms with Crippen molar-refractivity contribution in [3.63, 3.8) is 0 Å². The molecule has 0 radical (unpaired) electrons. The molecule has 0 bridgehead atoms. The van der Waals surface area contributed by atoms with Gasteiger partial charge in [0, 0.05) is 19.3 Å². The van der Waals surface area contributed by atoms with Gasteiger partial charge in [-0.05, 0) is 70.6 Å². The normalized spacial score (nSPS) is 14.8. The summed E-state index contributed by atoms with van der Waals surface area (Å²) in [6.07, 6.45) is 59.7. The number of esters is 3. The highest BCUT2D eigenvalue weighted by Crippen LogP contribution is 2.45. The van der Waals surface area contributed by atoms with Crippen molar-refractivity contribution in [2.75, 3.05) is 39.6 Å². The lowest BCUT2D eigenvalue weighted by Crippen LogP contribution is -2.30. The molecule has 482 valence electrons. The van der Waals surface area contributed by atoms with E-state index >= 15 is 0 Å². The second kappa shape index (κ2) is 59.3. The highest BCUT2D eigenvalue weighted by molar-refractivity contribution is 7.47. The average molecular weight is 1220 g/mol. The first-order chi connectivity index (χ1) is 40.2. The lowest BCUT2D eigenvalue weighted by atomic mass is 10.0. The van der Waals surface area contributed by atoms with E-state index in [9.17, 15) is 43.5 Å². The summed E-state index contributed by atoms with van der Waals surface area (Å²) in [5.41, 5.74) is 0. The minimum Gasteiger partial charge on any atom is -0.463 e. The first-order valence-corrected chi connectivity index (χ1v) is 35.2. The number of phosphoric ester groups is 2. The number of hydrogen-bond acceptors (Lipinski definition) is 14. The van der Waals surface area contributed by atoms with E-state index in [1.54, 1.807) is 0 Å². The van der Waals surface area contributed by atoms with Crippen LogP contribution in [0.15, 0.2) is 72.9 Å².